The third kappa shape index (κ3) is 5.71. The zero-order valence-electron chi connectivity index (χ0n) is 19.1. The third-order valence-electron chi connectivity index (χ3n) is 5.49. The summed E-state index contributed by atoms with van der Waals surface area (Å²) >= 11 is 18.0. The van der Waals surface area contributed by atoms with Crippen LogP contribution in [0.25, 0.3) is 10.9 Å². The van der Waals surface area contributed by atoms with Crippen LogP contribution >= 0.6 is 34.8 Å². The maximum Gasteiger partial charge on any atom is 0.432 e. The first-order chi connectivity index (χ1) is 17.5. The lowest BCUT2D eigenvalue weighted by atomic mass is 10.0. The van der Waals surface area contributed by atoms with Gasteiger partial charge in [0.15, 0.2) is 0 Å². The number of halogens is 6. The first-order valence-electron chi connectivity index (χ1n) is 10.9. The van der Waals surface area contributed by atoms with Crippen molar-refractivity contribution < 1.29 is 27.5 Å². The molecule has 1 N–H and O–H groups in total. The zero-order valence-corrected chi connectivity index (χ0v) is 21.4. The fourth-order valence-electron chi connectivity index (χ4n) is 3.93. The van der Waals surface area contributed by atoms with Gasteiger partial charge in [0.2, 0.25) is 0 Å². The normalized spacial score (nSPS) is 11.5. The molecule has 0 unspecified atom stereocenters. The number of alkyl halides is 3. The Labute approximate surface area is 224 Å². The van der Waals surface area contributed by atoms with Gasteiger partial charge in [-0.2, -0.15) is 13.2 Å². The van der Waals surface area contributed by atoms with Crippen molar-refractivity contribution in [2.45, 2.75) is 19.6 Å². The minimum atomic E-state index is -4.99. The van der Waals surface area contributed by atoms with Gasteiger partial charge in [-0.3, -0.25) is 9.59 Å². The van der Waals surface area contributed by atoms with Crippen LogP contribution in [-0.4, -0.2) is 22.9 Å². The highest BCUT2D eigenvalue weighted by atomic mass is 35.5. The van der Waals surface area contributed by atoms with E-state index in [9.17, 15) is 22.8 Å². The van der Waals surface area contributed by atoms with Gasteiger partial charge in [0.1, 0.15) is 11.4 Å². The van der Waals surface area contributed by atoms with Gasteiger partial charge in [-0.05, 0) is 67.1 Å². The molecule has 0 atom stereocenters. The molecule has 37 heavy (non-hydrogen) atoms. The predicted molar refractivity (Wildman–Crippen MR) is 138 cm³/mol. The molecule has 4 rings (SSSR count). The van der Waals surface area contributed by atoms with Crippen LogP contribution in [0.4, 0.5) is 18.9 Å². The Balaban J connectivity index is 1.91. The van der Waals surface area contributed by atoms with E-state index in [-0.39, 0.29) is 40.5 Å². The lowest BCUT2D eigenvalue weighted by Crippen LogP contribution is -2.26. The molecular formula is C26H18Cl3F3N2O3. The number of fused-ring (bicyclic) bond motifs is 1. The smallest absolute Gasteiger partial charge is 0.432 e. The number of Topliss-reactive ketones (excluding diaryl/α,β-unsaturated/α-hetero) is 1. The van der Waals surface area contributed by atoms with Crippen molar-refractivity contribution in [3.05, 3.63) is 92.6 Å². The number of ether oxygens (including phenoxy) is 1. The minimum Gasteiger partial charge on any atom is -0.494 e. The summed E-state index contributed by atoms with van der Waals surface area (Å²) in [6.45, 7) is 1.63. The molecule has 0 bridgehead atoms. The van der Waals surface area contributed by atoms with Crippen LogP contribution in [0.5, 0.6) is 5.75 Å². The number of rotatable bonds is 7. The highest BCUT2D eigenvalue weighted by Crippen LogP contribution is 2.41. The minimum absolute atomic E-state index is 0.0736. The van der Waals surface area contributed by atoms with Crippen LogP contribution in [0.1, 0.15) is 28.5 Å². The molecule has 0 aliphatic rings. The summed E-state index contributed by atoms with van der Waals surface area (Å²) in [5.74, 6) is -2.35. The molecule has 0 saturated carbocycles. The maximum absolute atomic E-state index is 14.6. The van der Waals surface area contributed by atoms with Crippen molar-refractivity contribution in [1.82, 2.24) is 4.57 Å². The van der Waals surface area contributed by atoms with Crippen LogP contribution in [0, 0.1) is 0 Å². The van der Waals surface area contributed by atoms with Crippen LogP contribution in [-0.2, 0) is 17.5 Å². The molecule has 1 aromatic heterocycles. The summed E-state index contributed by atoms with van der Waals surface area (Å²) < 4.78 is 50.0. The molecule has 0 radical (unpaired) electrons. The molecular weight excluding hydrogens is 552 g/mol. The Morgan fingerprint density at radius 3 is 2.24 bits per heavy atom. The lowest BCUT2D eigenvalue weighted by molar-refractivity contribution is -0.143. The number of amides is 1. The van der Waals surface area contributed by atoms with Crippen LogP contribution < -0.4 is 10.1 Å². The SMILES string of the molecule is CCOc1ccc2c(c1)c(C(=O)C(=O)Nc1ccc(Cl)cc1)c(C(F)(F)F)n2Cc1ccc(Cl)cc1Cl. The second-order valence-corrected chi connectivity index (χ2v) is 9.23. The van der Waals surface area contributed by atoms with Gasteiger partial charge >= 0.3 is 6.18 Å². The highest BCUT2D eigenvalue weighted by Gasteiger charge is 2.42. The molecule has 0 saturated heterocycles. The van der Waals surface area contributed by atoms with Crippen molar-refractivity contribution in [3.63, 3.8) is 0 Å². The molecule has 0 aliphatic carbocycles. The van der Waals surface area contributed by atoms with E-state index in [1.54, 1.807) is 6.92 Å². The van der Waals surface area contributed by atoms with E-state index in [1.165, 1.54) is 60.7 Å². The second-order valence-electron chi connectivity index (χ2n) is 7.95. The first kappa shape index (κ1) is 26.9. The average Bonchev–Trinajstić information content (AvgIpc) is 3.16. The number of ketones is 1. The maximum atomic E-state index is 14.6. The predicted octanol–water partition coefficient (Wildman–Crippen LogP) is 7.89. The molecule has 0 spiro atoms. The largest absolute Gasteiger partial charge is 0.494 e. The third-order valence-corrected chi connectivity index (χ3v) is 6.33. The molecule has 1 heterocycles. The molecule has 11 heteroatoms. The fraction of sp³-hybridized carbons (Fsp3) is 0.154. The standard InChI is InChI=1S/C26H18Cl3F3N2O3/c1-2-37-18-9-10-21-19(12-18)22(23(35)25(36)33-17-7-5-15(27)6-8-17)24(26(30,31)32)34(21)13-14-3-4-16(28)11-20(14)29/h3-12H,2,13H2,1H3,(H,33,36). The van der Waals surface area contributed by atoms with Crippen molar-refractivity contribution in [2.75, 3.05) is 11.9 Å². The molecule has 192 valence electrons. The summed E-state index contributed by atoms with van der Waals surface area (Å²) in [5.41, 5.74) is -1.46. The van der Waals surface area contributed by atoms with Gasteiger partial charge in [-0.25, -0.2) is 0 Å². The van der Waals surface area contributed by atoms with Crippen LogP contribution in [0.15, 0.2) is 60.7 Å². The number of aromatic nitrogens is 1. The van der Waals surface area contributed by atoms with Gasteiger partial charge in [0.05, 0.1) is 12.2 Å². The molecule has 0 fully saturated rings. The molecule has 3 aromatic carbocycles. The average molecular weight is 570 g/mol. The van der Waals surface area contributed by atoms with E-state index in [2.05, 4.69) is 5.32 Å². The summed E-state index contributed by atoms with van der Waals surface area (Å²) in [6, 6.07) is 14.4. The number of nitrogens with zero attached hydrogens (tertiary/aromatic N) is 1. The van der Waals surface area contributed by atoms with E-state index in [0.29, 0.717) is 15.6 Å². The first-order valence-corrected chi connectivity index (χ1v) is 12.0. The van der Waals surface area contributed by atoms with Crippen LogP contribution in [0.2, 0.25) is 15.1 Å². The highest BCUT2D eigenvalue weighted by molar-refractivity contribution is 6.48. The summed E-state index contributed by atoms with van der Waals surface area (Å²) in [6.07, 6.45) is -4.99. The topological polar surface area (TPSA) is 60.3 Å². The summed E-state index contributed by atoms with van der Waals surface area (Å²) in [7, 11) is 0. The number of carbonyl (C=O) groups is 2. The monoisotopic (exact) mass is 568 g/mol. The summed E-state index contributed by atoms with van der Waals surface area (Å²) in [5, 5.41) is 3.11. The van der Waals surface area contributed by atoms with Crippen molar-refractivity contribution >= 4 is 63.1 Å². The van der Waals surface area contributed by atoms with Gasteiger partial charge in [0.25, 0.3) is 11.7 Å². The molecule has 0 aliphatic heterocycles. The Morgan fingerprint density at radius 2 is 1.62 bits per heavy atom. The Morgan fingerprint density at radius 1 is 0.946 bits per heavy atom. The Kier molecular flexibility index (Phi) is 7.73. The second kappa shape index (κ2) is 10.7. The van der Waals surface area contributed by atoms with E-state index in [0.717, 1.165) is 4.57 Å². The van der Waals surface area contributed by atoms with Crippen molar-refractivity contribution in [1.29, 1.82) is 0 Å². The molecule has 4 aromatic rings. The number of carbonyl (C=O) groups excluding carboxylic acids is 2. The Bertz CT molecular complexity index is 1500. The van der Waals surface area contributed by atoms with E-state index < -0.39 is 29.1 Å². The van der Waals surface area contributed by atoms with E-state index in [1.807, 2.05) is 0 Å². The number of hydrogen-bond acceptors (Lipinski definition) is 3. The quantitative estimate of drug-likeness (QED) is 0.182. The van der Waals surface area contributed by atoms with Gasteiger partial charge in [0, 0.05) is 38.2 Å². The fourth-order valence-corrected chi connectivity index (χ4v) is 4.53. The number of hydrogen-bond donors (Lipinski definition) is 1. The van der Waals surface area contributed by atoms with Crippen molar-refractivity contribution in [2.24, 2.45) is 0 Å². The van der Waals surface area contributed by atoms with Gasteiger partial charge < -0.3 is 14.6 Å². The summed E-state index contributed by atoms with van der Waals surface area (Å²) in [4.78, 5) is 26.2. The van der Waals surface area contributed by atoms with Crippen molar-refractivity contribution in [3.8, 4) is 5.75 Å². The number of nitrogens with one attached hydrogen (secondary N) is 1. The van der Waals surface area contributed by atoms with E-state index >= 15 is 0 Å². The number of benzene rings is 3. The molecule has 5 nitrogen and oxygen atoms in total. The lowest BCUT2D eigenvalue weighted by Gasteiger charge is -2.15. The van der Waals surface area contributed by atoms with Gasteiger partial charge in [-0.1, -0.05) is 40.9 Å². The Hall–Kier alpha value is -3.20. The molecule has 1 amide bonds. The number of anilines is 1. The van der Waals surface area contributed by atoms with Crippen LogP contribution in [0.3, 0.4) is 0 Å². The zero-order chi connectivity index (χ0) is 26.9. The van der Waals surface area contributed by atoms with E-state index in [4.69, 9.17) is 39.5 Å². The van der Waals surface area contributed by atoms with Gasteiger partial charge in [-0.15, -0.1) is 0 Å².